The van der Waals surface area contributed by atoms with Gasteiger partial charge < -0.3 is 9.73 Å². The van der Waals surface area contributed by atoms with Gasteiger partial charge in [-0.2, -0.15) is 11.8 Å². The largest absolute Gasteiger partial charge is 0.444 e. The molecule has 1 N–H and O–H groups in total. The first-order chi connectivity index (χ1) is 8.72. The van der Waals surface area contributed by atoms with Crippen molar-refractivity contribution in [2.45, 2.75) is 25.9 Å². The van der Waals surface area contributed by atoms with Crippen molar-refractivity contribution >= 4 is 34.3 Å². The maximum atomic E-state index is 6.14. The number of hydrogen-bond acceptors (Lipinski definition) is 3. The summed E-state index contributed by atoms with van der Waals surface area (Å²) >= 11 is 8.02. The van der Waals surface area contributed by atoms with E-state index in [1.807, 2.05) is 36.0 Å². The predicted molar refractivity (Wildman–Crippen MR) is 80.5 cm³/mol. The molecule has 0 fully saturated rings. The van der Waals surface area contributed by atoms with Crippen molar-refractivity contribution in [2.24, 2.45) is 0 Å². The monoisotopic (exact) mass is 283 g/mol. The summed E-state index contributed by atoms with van der Waals surface area (Å²) in [6, 6.07) is 8.45. The molecule has 98 valence electrons. The van der Waals surface area contributed by atoms with Crippen LogP contribution in [-0.4, -0.2) is 18.1 Å². The molecule has 1 aromatic heterocycles. The van der Waals surface area contributed by atoms with Gasteiger partial charge in [-0.1, -0.05) is 18.2 Å². The number of rotatable bonds is 6. The second kappa shape index (κ2) is 6.50. The van der Waals surface area contributed by atoms with Crippen molar-refractivity contribution in [1.29, 1.82) is 0 Å². The molecule has 2 nitrogen and oxygen atoms in total. The Bertz CT molecular complexity index is 511. The number of benzene rings is 1. The molecule has 0 radical (unpaired) electrons. The normalized spacial score (nSPS) is 13.1. The average Bonchev–Trinajstić information content (AvgIpc) is 2.69. The Labute approximate surface area is 117 Å². The molecule has 0 aliphatic carbocycles. The molecular weight excluding hydrogens is 266 g/mol. The summed E-state index contributed by atoms with van der Waals surface area (Å²) in [5, 5.41) is 5.10. The summed E-state index contributed by atoms with van der Waals surface area (Å²) in [6.45, 7) is 2.96. The molecule has 0 saturated heterocycles. The SMILES string of the molecule is CSCCC(C)NCc1c(Cl)oc2ccccc12. The van der Waals surface area contributed by atoms with Gasteiger partial charge in [0.1, 0.15) is 5.58 Å². The van der Waals surface area contributed by atoms with Crippen LogP contribution in [0.2, 0.25) is 5.22 Å². The molecule has 0 amide bonds. The molecule has 18 heavy (non-hydrogen) atoms. The Balaban J connectivity index is 2.05. The Morgan fingerprint density at radius 3 is 2.94 bits per heavy atom. The second-order valence-electron chi connectivity index (χ2n) is 4.41. The van der Waals surface area contributed by atoms with Crippen LogP contribution < -0.4 is 5.32 Å². The fourth-order valence-corrected chi connectivity index (χ4v) is 2.75. The molecule has 1 atom stereocenters. The van der Waals surface area contributed by atoms with Gasteiger partial charge in [0.25, 0.3) is 0 Å². The zero-order chi connectivity index (χ0) is 13.0. The van der Waals surface area contributed by atoms with E-state index < -0.39 is 0 Å². The minimum absolute atomic E-state index is 0.488. The second-order valence-corrected chi connectivity index (χ2v) is 5.74. The molecule has 2 aromatic rings. The van der Waals surface area contributed by atoms with E-state index in [0.717, 1.165) is 29.5 Å². The van der Waals surface area contributed by atoms with Gasteiger partial charge >= 0.3 is 0 Å². The Morgan fingerprint density at radius 1 is 1.39 bits per heavy atom. The summed E-state index contributed by atoms with van der Waals surface area (Å²) in [6.07, 6.45) is 3.29. The quantitative estimate of drug-likeness (QED) is 0.855. The van der Waals surface area contributed by atoms with Crippen molar-refractivity contribution in [1.82, 2.24) is 5.32 Å². The number of hydrogen-bond donors (Lipinski definition) is 1. The van der Waals surface area contributed by atoms with Gasteiger partial charge in [0.05, 0.1) is 0 Å². The summed E-state index contributed by atoms with van der Waals surface area (Å²) < 4.78 is 5.53. The van der Waals surface area contributed by atoms with Crippen LogP contribution in [0.3, 0.4) is 0 Å². The van der Waals surface area contributed by atoms with Crippen LogP contribution in [-0.2, 0) is 6.54 Å². The molecule has 1 heterocycles. The first kappa shape index (κ1) is 13.8. The summed E-state index contributed by atoms with van der Waals surface area (Å²) in [7, 11) is 0. The van der Waals surface area contributed by atoms with Gasteiger partial charge in [0, 0.05) is 23.5 Å². The third-order valence-electron chi connectivity index (χ3n) is 3.03. The highest BCUT2D eigenvalue weighted by atomic mass is 35.5. The van der Waals surface area contributed by atoms with Gasteiger partial charge in [0.15, 0.2) is 5.22 Å². The molecule has 1 aromatic carbocycles. The lowest BCUT2D eigenvalue weighted by atomic mass is 10.1. The van der Waals surface area contributed by atoms with Crippen molar-refractivity contribution in [3.05, 3.63) is 35.0 Å². The van der Waals surface area contributed by atoms with Crippen LogP contribution in [0.25, 0.3) is 11.0 Å². The number of nitrogens with one attached hydrogen (secondary N) is 1. The van der Waals surface area contributed by atoms with Crippen LogP contribution >= 0.6 is 23.4 Å². The Kier molecular flexibility index (Phi) is 4.98. The first-order valence-corrected chi connectivity index (χ1v) is 7.87. The zero-order valence-corrected chi connectivity index (χ0v) is 12.3. The van der Waals surface area contributed by atoms with Gasteiger partial charge in [0.2, 0.25) is 0 Å². The third-order valence-corrected chi connectivity index (χ3v) is 3.98. The van der Waals surface area contributed by atoms with E-state index in [4.69, 9.17) is 16.0 Å². The minimum Gasteiger partial charge on any atom is -0.444 e. The standard InChI is InChI=1S/C14H18ClNOS/c1-10(7-8-18-2)16-9-12-11-5-3-4-6-13(11)17-14(12)15/h3-6,10,16H,7-9H2,1-2H3. The maximum absolute atomic E-state index is 6.14. The van der Waals surface area contributed by atoms with Crippen LogP contribution in [0, 0.1) is 0 Å². The van der Waals surface area contributed by atoms with Crippen molar-refractivity contribution < 1.29 is 4.42 Å². The summed E-state index contributed by atoms with van der Waals surface area (Å²) in [5.41, 5.74) is 1.92. The number of thioether (sulfide) groups is 1. The van der Waals surface area contributed by atoms with Gasteiger partial charge in [-0.3, -0.25) is 0 Å². The minimum atomic E-state index is 0.488. The van der Waals surface area contributed by atoms with E-state index in [-0.39, 0.29) is 0 Å². The highest BCUT2D eigenvalue weighted by Gasteiger charge is 2.12. The topological polar surface area (TPSA) is 25.2 Å². The summed E-state index contributed by atoms with van der Waals surface area (Å²) in [4.78, 5) is 0. The molecule has 4 heteroatoms. The number of para-hydroxylation sites is 1. The van der Waals surface area contributed by atoms with Crippen molar-refractivity contribution in [3.8, 4) is 0 Å². The highest BCUT2D eigenvalue weighted by Crippen LogP contribution is 2.29. The molecule has 0 bridgehead atoms. The lowest BCUT2D eigenvalue weighted by Crippen LogP contribution is -2.25. The Hall–Kier alpha value is -0.640. The lowest BCUT2D eigenvalue weighted by Gasteiger charge is -2.12. The van der Waals surface area contributed by atoms with E-state index in [2.05, 4.69) is 18.5 Å². The molecular formula is C14H18ClNOS. The van der Waals surface area contributed by atoms with E-state index in [0.29, 0.717) is 11.3 Å². The average molecular weight is 284 g/mol. The van der Waals surface area contributed by atoms with Crippen molar-refractivity contribution in [3.63, 3.8) is 0 Å². The Morgan fingerprint density at radius 2 is 2.17 bits per heavy atom. The van der Waals surface area contributed by atoms with Gasteiger partial charge in [-0.25, -0.2) is 0 Å². The van der Waals surface area contributed by atoms with Crippen molar-refractivity contribution in [2.75, 3.05) is 12.0 Å². The van der Waals surface area contributed by atoms with E-state index >= 15 is 0 Å². The van der Waals surface area contributed by atoms with E-state index in [9.17, 15) is 0 Å². The molecule has 2 rings (SSSR count). The number of fused-ring (bicyclic) bond motifs is 1. The van der Waals surface area contributed by atoms with E-state index in [1.165, 1.54) is 5.75 Å². The number of furan rings is 1. The maximum Gasteiger partial charge on any atom is 0.199 e. The predicted octanol–water partition coefficient (Wildman–Crippen LogP) is 4.32. The van der Waals surface area contributed by atoms with Crippen LogP contribution in [0.4, 0.5) is 0 Å². The molecule has 1 unspecified atom stereocenters. The lowest BCUT2D eigenvalue weighted by molar-refractivity contribution is 0.532. The molecule has 0 spiro atoms. The molecule has 0 aliphatic heterocycles. The first-order valence-electron chi connectivity index (χ1n) is 6.10. The van der Waals surface area contributed by atoms with Crippen LogP contribution in [0.1, 0.15) is 18.9 Å². The fraction of sp³-hybridized carbons (Fsp3) is 0.429. The number of halogens is 1. The zero-order valence-electron chi connectivity index (χ0n) is 10.7. The fourth-order valence-electron chi connectivity index (χ4n) is 1.91. The van der Waals surface area contributed by atoms with Gasteiger partial charge in [-0.05, 0) is 43.0 Å². The summed E-state index contributed by atoms with van der Waals surface area (Å²) in [5.74, 6) is 1.17. The molecule has 0 saturated carbocycles. The third kappa shape index (κ3) is 3.22. The van der Waals surface area contributed by atoms with Crippen LogP contribution in [0.15, 0.2) is 28.7 Å². The smallest absolute Gasteiger partial charge is 0.199 e. The van der Waals surface area contributed by atoms with E-state index in [1.54, 1.807) is 0 Å². The molecule has 0 aliphatic rings. The van der Waals surface area contributed by atoms with Crippen LogP contribution in [0.5, 0.6) is 0 Å². The van der Waals surface area contributed by atoms with Gasteiger partial charge in [-0.15, -0.1) is 0 Å². The highest BCUT2D eigenvalue weighted by molar-refractivity contribution is 7.98.